The van der Waals surface area contributed by atoms with Crippen LogP contribution in [0, 0.1) is 19.3 Å². The predicted octanol–water partition coefficient (Wildman–Crippen LogP) is 5.65. The van der Waals surface area contributed by atoms with Crippen LogP contribution < -0.4 is 4.74 Å². The highest BCUT2D eigenvalue weighted by atomic mass is 35.5. The summed E-state index contributed by atoms with van der Waals surface area (Å²) in [7, 11) is 1.88. The van der Waals surface area contributed by atoms with Gasteiger partial charge >= 0.3 is 0 Å². The number of oxazole rings is 1. The molecule has 4 rings (SSSR count). The largest absolute Gasteiger partial charge is 0.493 e. The summed E-state index contributed by atoms with van der Waals surface area (Å²) >= 11 is 6.20. The number of hydrogen-bond donors (Lipinski definition) is 0. The smallest absolute Gasteiger partial charge is 0.223 e. The lowest BCUT2D eigenvalue weighted by Crippen LogP contribution is -2.48. The molecule has 0 spiro atoms. The van der Waals surface area contributed by atoms with Gasteiger partial charge in [-0.1, -0.05) is 41.9 Å². The number of halogens is 1. The van der Waals surface area contributed by atoms with Crippen molar-refractivity contribution in [1.82, 2.24) is 14.8 Å². The van der Waals surface area contributed by atoms with Gasteiger partial charge in [0.2, 0.25) is 5.91 Å². The van der Waals surface area contributed by atoms with Gasteiger partial charge in [-0.25, -0.2) is 4.98 Å². The van der Waals surface area contributed by atoms with Crippen molar-refractivity contribution < 1.29 is 13.9 Å². The average Bonchev–Trinajstić information content (AvgIpc) is 3.25. The summed E-state index contributed by atoms with van der Waals surface area (Å²) in [6, 6.07) is 15.8. The first-order chi connectivity index (χ1) is 16.8. The Bertz CT molecular complexity index is 1130. The molecule has 0 saturated carbocycles. The summed E-state index contributed by atoms with van der Waals surface area (Å²) in [5.41, 5.74) is 2.72. The summed E-state index contributed by atoms with van der Waals surface area (Å²) < 4.78 is 11.7. The molecular formula is C28H34ClN3O3. The Hall–Kier alpha value is -2.83. The van der Waals surface area contributed by atoms with Crippen LogP contribution in [0.15, 0.2) is 59.2 Å². The zero-order valence-electron chi connectivity index (χ0n) is 20.8. The van der Waals surface area contributed by atoms with Crippen LogP contribution in [0.1, 0.15) is 42.0 Å². The van der Waals surface area contributed by atoms with Gasteiger partial charge in [-0.05, 0) is 55.6 Å². The molecule has 0 bridgehead atoms. The molecule has 0 aliphatic carbocycles. The predicted molar refractivity (Wildman–Crippen MR) is 137 cm³/mol. The minimum Gasteiger partial charge on any atom is -0.493 e. The van der Waals surface area contributed by atoms with Gasteiger partial charge in [0.25, 0.3) is 0 Å². The van der Waals surface area contributed by atoms with Crippen molar-refractivity contribution in [2.24, 2.45) is 5.41 Å². The molecule has 2 heterocycles. The van der Waals surface area contributed by atoms with Crippen molar-refractivity contribution >= 4 is 17.5 Å². The molecule has 1 aromatic heterocycles. The zero-order chi connectivity index (χ0) is 24.8. The summed E-state index contributed by atoms with van der Waals surface area (Å²) in [6.07, 6.45) is 4.07. The number of rotatable bonds is 9. The number of aromatic nitrogens is 1. The van der Waals surface area contributed by atoms with E-state index in [9.17, 15) is 4.79 Å². The second kappa shape index (κ2) is 11.3. The van der Waals surface area contributed by atoms with Gasteiger partial charge in [-0.15, -0.1) is 0 Å². The first kappa shape index (κ1) is 25.3. The maximum Gasteiger partial charge on any atom is 0.223 e. The third-order valence-corrected chi connectivity index (χ3v) is 7.11. The molecule has 186 valence electrons. The van der Waals surface area contributed by atoms with E-state index in [-0.39, 0.29) is 11.3 Å². The number of aryl methyl sites for hydroxylation is 2. The van der Waals surface area contributed by atoms with Crippen molar-refractivity contribution in [1.29, 1.82) is 0 Å². The normalized spacial score (nSPS) is 18.4. The van der Waals surface area contributed by atoms with E-state index in [1.54, 1.807) is 6.26 Å². The Morgan fingerprint density at radius 2 is 2.03 bits per heavy atom. The fourth-order valence-corrected chi connectivity index (χ4v) is 4.93. The molecule has 2 aromatic carbocycles. The molecule has 1 aliphatic heterocycles. The summed E-state index contributed by atoms with van der Waals surface area (Å²) in [5, 5.41) is 0.719. The van der Waals surface area contributed by atoms with Gasteiger partial charge in [-0.3, -0.25) is 9.69 Å². The van der Waals surface area contributed by atoms with Crippen LogP contribution in [0.4, 0.5) is 0 Å². The SMILES string of the molecule is Cc1nc(CN2CCC[C@](COc3ccc(Cl)c(C)c3)(CC(=O)N(C)Cc3ccccc3)C2)co1. The third-order valence-electron chi connectivity index (χ3n) is 6.68. The number of amides is 1. The topological polar surface area (TPSA) is 58.8 Å². The van der Waals surface area contributed by atoms with Gasteiger partial charge in [-0.2, -0.15) is 0 Å². The van der Waals surface area contributed by atoms with E-state index in [1.807, 2.05) is 74.3 Å². The van der Waals surface area contributed by atoms with Crippen LogP contribution in [0.5, 0.6) is 5.75 Å². The number of carbonyl (C=O) groups is 1. The molecule has 1 aliphatic rings. The summed E-state index contributed by atoms with van der Waals surface area (Å²) in [4.78, 5) is 22.1. The minimum absolute atomic E-state index is 0.129. The molecule has 0 N–H and O–H groups in total. The van der Waals surface area contributed by atoms with E-state index in [2.05, 4.69) is 9.88 Å². The van der Waals surface area contributed by atoms with E-state index in [0.717, 1.165) is 53.5 Å². The molecule has 0 radical (unpaired) electrons. The lowest BCUT2D eigenvalue weighted by molar-refractivity contribution is -0.135. The van der Waals surface area contributed by atoms with E-state index < -0.39 is 0 Å². The maximum absolute atomic E-state index is 13.4. The van der Waals surface area contributed by atoms with E-state index in [0.29, 0.717) is 32.0 Å². The van der Waals surface area contributed by atoms with Crippen molar-refractivity contribution in [3.8, 4) is 5.75 Å². The zero-order valence-corrected chi connectivity index (χ0v) is 21.6. The van der Waals surface area contributed by atoms with Crippen molar-refractivity contribution in [2.45, 2.75) is 46.2 Å². The number of hydrogen-bond acceptors (Lipinski definition) is 5. The Morgan fingerprint density at radius 1 is 1.23 bits per heavy atom. The van der Waals surface area contributed by atoms with Gasteiger partial charge in [0.1, 0.15) is 12.0 Å². The first-order valence-corrected chi connectivity index (χ1v) is 12.5. The quantitative estimate of drug-likeness (QED) is 0.383. The first-order valence-electron chi connectivity index (χ1n) is 12.1. The Kier molecular flexibility index (Phi) is 8.14. The molecule has 1 atom stereocenters. The minimum atomic E-state index is -0.299. The lowest BCUT2D eigenvalue weighted by atomic mass is 9.77. The second-order valence-corrected chi connectivity index (χ2v) is 10.2. The van der Waals surface area contributed by atoms with Crippen LogP contribution >= 0.6 is 11.6 Å². The van der Waals surface area contributed by atoms with Crippen molar-refractivity contribution in [3.63, 3.8) is 0 Å². The van der Waals surface area contributed by atoms with Gasteiger partial charge in [0, 0.05) is 50.5 Å². The van der Waals surface area contributed by atoms with Crippen molar-refractivity contribution in [3.05, 3.63) is 82.5 Å². The number of benzene rings is 2. The fraction of sp³-hybridized carbons (Fsp3) is 0.429. The van der Waals surface area contributed by atoms with Crippen LogP contribution in [-0.2, 0) is 17.9 Å². The van der Waals surface area contributed by atoms with Crippen LogP contribution in [0.2, 0.25) is 5.02 Å². The van der Waals surface area contributed by atoms with E-state index in [4.69, 9.17) is 20.8 Å². The highest BCUT2D eigenvalue weighted by molar-refractivity contribution is 6.31. The van der Waals surface area contributed by atoms with Gasteiger partial charge in [0.05, 0.1) is 12.3 Å². The Labute approximate surface area is 212 Å². The molecule has 35 heavy (non-hydrogen) atoms. The fourth-order valence-electron chi connectivity index (χ4n) is 4.81. The summed E-state index contributed by atoms with van der Waals surface area (Å²) in [6.45, 7) is 7.30. The molecule has 1 saturated heterocycles. The van der Waals surface area contributed by atoms with Crippen LogP contribution in [-0.4, -0.2) is 47.4 Å². The van der Waals surface area contributed by atoms with Gasteiger partial charge in [0.15, 0.2) is 5.89 Å². The Morgan fingerprint density at radius 3 is 2.74 bits per heavy atom. The van der Waals surface area contributed by atoms with Crippen molar-refractivity contribution in [2.75, 3.05) is 26.7 Å². The average molecular weight is 496 g/mol. The van der Waals surface area contributed by atoms with E-state index in [1.165, 1.54) is 0 Å². The second-order valence-electron chi connectivity index (χ2n) is 9.78. The Balaban J connectivity index is 1.49. The molecule has 7 heteroatoms. The number of ether oxygens (including phenoxy) is 1. The standard InChI is InChI=1S/C28H34ClN3O3/c1-21-14-25(10-11-26(21)29)35-20-28(15-27(33)31(3)16-23-8-5-4-6-9-23)12-7-13-32(19-28)17-24-18-34-22(2)30-24/h4-6,8-11,14,18H,7,12-13,15-17,19-20H2,1-3H3/t28-/m0/s1. The highest BCUT2D eigenvalue weighted by Gasteiger charge is 2.39. The molecular weight excluding hydrogens is 462 g/mol. The number of piperidine rings is 1. The monoisotopic (exact) mass is 495 g/mol. The van der Waals surface area contributed by atoms with Crippen LogP contribution in [0.25, 0.3) is 0 Å². The molecule has 6 nitrogen and oxygen atoms in total. The maximum atomic E-state index is 13.4. The lowest BCUT2D eigenvalue weighted by Gasteiger charge is -2.42. The molecule has 1 amide bonds. The highest BCUT2D eigenvalue weighted by Crippen LogP contribution is 2.36. The van der Waals surface area contributed by atoms with Crippen LogP contribution in [0.3, 0.4) is 0 Å². The molecule has 1 fully saturated rings. The molecule has 0 unspecified atom stereocenters. The third kappa shape index (κ3) is 6.86. The van der Waals surface area contributed by atoms with Gasteiger partial charge < -0.3 is 14.1 Å². The number of nitrogens with zero attached hydrogens (tertiary/aromatic N) is 3. The number of carbonyl (C=O) groups excluding carboxylic acids is 1. The molecule has 3 aromatic rings. The van der Waals surface area contributed by atoms with E-state index >= 15 is 0 Å². The number of likely N-dealkylation sites (tertiary alicyclic amines) is 1. The summed E-state index contributed by atoms with van der Waals surface area (Å²) in [5.74, 6) is 1.58.